The Balaban J connectivity index is 1.94. The van der Waals surface area contributed by atoms with Gasteiger partial charge in [0.2, 0.25) is 0 Å². The lowest BCUT2D eigenvalue weighted by Crippen LogP contribution is -2.40. The highest BCUT2D eigenvalue weighted by atomic mass is 16.2. The molecule has 0 bridgehead atoms. The maximum atomic E-state index is 13.1. The van der Waals surface area contributed by atoms with Crippen LogP contribution >= 0.6 is 0 Å². The number of rotatable bonds is 5. The van der Waals surface area contributed by atoms with Gasteiger partial charge in [-0.05, 0) is 44.4 Å². The van der Waals surface area contributed by atoms with Gasteiger partial charge in [0, 0.05) is 22.9 Å². The first-order chi connectivity index (χ1) is 10.6. The van der Waals surface area contributed by atoms with Gasteiger partial charge in [-0.1, -0.05) is 6.08 Å². The van der Waals surface area contributed by atoms with E-state index in [0.29, 0.717) is 18.5 Å². The molecule has 1 unspecified atom stereocenters. The predicted molar refractivity (Wildman–Crippen MR) is 87.7 cm³/mol. The van der Waals surface area contributed by atoms with E-state index in [0.717, 1.165) is 23.9 Å². The monoisotopic (exact) mass is 297 g/mol. The third kappa shape index (κ3) is 2.49. The molecule has 0 saturated carbocycles. The van der Waals surface area contributed by atoms with Crippen molar-refractivity contribution in [3.63, 3.8) is 0 Å². The van der Waals surface area contributed by atoms with E-state index in [4.69, 9.17) is 0 Å². The first-order valence-electron chi connectivity index (χ1n) is 7.57. The van der Waals surface area contributed by atoms with Crippen LogP contribution in [0.25, 0.3) is 10.9 Å². The Bertz CT molecular complexity index is 712. The van der Waals surface area contributed by atoms with Crippen molar-refractivity contribution in [3.8, 4) is 0 Å². The minimum atomic E-state index is -0.532. The molecule has 1 aromatic heterocycles. The summed E-state index contributed by atoms with van der Waals surface area (Å²) in [5, 5.41) is 17.6. The number of carbonyl (C=O) groups excluding carboxylic acids is 1. The Labute approximate surface area is 130 Å². The molecule has 0 radical (unpaired) electrons. The van der Waals surface area contributed by atoms with Gasteiger partial charge in [0.05, 0.1) is 11.7 Å². The normalized spacial score (nSPS) is 22.1. The first kappa shape index (κ1) is 15.0. The summed E-state index contributed by atoms with van der Waals surface area (Å²) in [5.41, 5.74) is 1.13. The fourth-order valence-corrected chi connectivity index (χ4v) is 3.33. The number of fused-ring (bicyclic) bond motifs is 1. The second-order valence-electron chi connectivity index (χ2n) is 6.13. The Morgan fingerprint density at radius 2 is 2.45 bits per heavy atom. The molecular formula is C16H20BN3O2. The Kier molecular flexibility index (Phi) is 3.89. The number of aromatic nitrogens is 2. The molecule has 0 spiro atoms. The van der Waals surface area contributed by atoms with Gasteiger partial charge in [-0.15, -0.1) is 6.58 Å². The second kappa shape index (κ2) is 5.70. The van der Waals surface area contributed by atoms with E-state index >= 15 is 0 Å². The highest BCUT2D eigenvalue weighted by Gasteiger charge is 2.45. The number of H-pyrrole nitrogens is 1. The fourth-order valence-electron chi connectivity index (χ4n) is 3.33. The third-order valence-electron chi connectivity index (χ3n) is 4.63. The van der Waals surface area contributed by atoms with Crippen molar-refractivity contribution in [1.82, 2.24) is 15.0 Å². The summed E-state index contributed by atoms with van der Waals surface area (Å²) in [6, 6.07) is 5.62. The highest BCUT2D eigenvalue weighted by Crippen LogP contribution is 2.38. The molecule has 6 heteroatoms. The summed E-state index contributed by atoms with van der Waals surface area (Å²) < 4.78 is 0. The van der Waals surface area contributed by atoms with Crippen molar-refractivity contribution in [2.45, 2.75) is 19.7 Å². The summed E-state index contributed by atoms with van der Waals surface area (Å²) in [5.74, 6) is 0.124. The number of allylic oxidation sites excluding steroid dienone is 1. The van der Waals surface area contributed by atoms with E-state index < -0.39 is 12.5 Å². The first-order valence-corrected chi connectivity index (χ1v) is 7.57. The molecule has 1 saturated heterocycles. The highest BCUT2D eigenvalue weighted by molar-refractivity contribution is 6.45. The van der Waals surface area contributed by atoms with Gasteiger partial charge < -0.3 is 9.83 Å². The molecule has 1 atom stereocenters. The van der Waals surface area contributed by atoms with Crippen LogP contribution in [0.4, 0.5) is 0 Å². The van der Waals surface area contributed by atoms with Crippen LogP contribution in [-0.2, 0) is 0 Å². The SMILES string of the molecule is C=CCC1(C(=O)c2ccc3[nH]ncc3c2)CCN(B(C)O)C1. The average Bonchev–Trinajstić information content (AvgIpc) is 3.13. The van der Waals surface area contributed by atoms with E-state index in [2.05, 4.69) is 16.8 Å². The van der Waals surface area contributed by atoms with Gasteiger partial charge in [-0.2, -0.15) is 5.10 Å². The van der Waals surface area contributed by atoms with Gasteiger partial charge >= 0.3 is 7.05 Å². The number of carbonyl (C=O) groups is 1. The molecule has 22 heavy (non-hydrogen) atoms. The quantitative estimate of drug-likeness (QED) is 0.504. The van der Waals surface area contributed by atoms with Crippen LogP contribution in [0.3, 0.4) is 0 Å². The molecule has 2 N–H and O–H groups in total. The van der Waals surface area contributed by atoms with Crippen LogP contribution in [0.1, 0.15) is 23.2 Å². The van der Waals surface area contributed by atoms with Crippen molar-refractivity contribution in [3.05, 3.63) is 42.6 Å². The van der Waals surface area contributed by atoms with Crippen molar-refractivity contribution in [2.24, 2.45) is 5.41 Å². The maximum Gasteiger partial charge on any atom is 0.376 e. The van der Waals surface area contributed by atoms with Crippen LogP contribution in [0.2, 0.25) is 6.82 Å². The largest absolute Gasteiger partial charge is 0.437 e. The Morgan fingerprint density at radius 3 is 3.14 bits per heavy atom. The minimum absolute atomic E-state index is 0.124. The predicted octanol–water partition coefficient (Wildman–Crippen LogP) is 2.12. The number of aromatic amines is 1. The number of benzene rings is 1. The molecule has 0 aliphatic carbocycles. The van der Waals surface area contributed by atoms with Gasteiger partial charge in [-0.25, -0.2) is 0 Å². The molecule has 0 amide bonds. The van der Waals surface area contributed by atoms with E-state index in [-0.39, 0.29) is 5.78 Å². The zero-order chi connectivity index (χ0) is 15.7. The molecule has 2 heterocycles. The molecule has 1 aromatic carbocycles. The number of hydrogen-bond donors (Lipinski definition) is 2. The molecule has 5 nitrogen and oxygen atoms in total. The van der Waals surface area contributed by atoms with E-state index in [1.807, 2.05) is 23.0 Å². The summed E-state index contributed by atoms with van der Waals surface area (Å²) in [7, 11) is -0.532. The summed E-state index contributed by atoms with van der Waals surface area (Å²) in [6.45, 7) is 6.85. The molecular weight excluding hydrogens is 277 g/mol. The smallest absolute Gasteiger partial charge is 0.376 e. The molecule has 1 fully saturated rings. The number of Topliss-reactive ketones (excluding diaryl/α,β-unsaturated/α-hetero) is 1. The summed E-state index contributed by atoms with van der Waals surface area (Å²) in [4.78, 5) is 15.0. The zero-order valence-electron chi connectivity index (χ0n) is 12.7. The van der Waals surface area contributed by atoms with E-state index in [1.54, 1.807) is 19.1 Å². The lowest BCUT2D eigenvalue weighted by Gasteiger charge is -2.27. The Hall–Kier alpha value is -1.92. The number of ketones is 1. The average molecular weight is 297 g/mol. The minimum Gasteiger partial charge on any atom is -0.437 e. The van der Waals surface area contributed by atoms with Gasteiger partial charge in [0.1, 0.15) is 0 Å². The van der Waals surface area contributed by atoms with Crippen molar-refractivity contribution in [1.29, 1.82) is 0 Å². The lowest BCUT2D eigenvalue weighted by atomic mass is 9.76. The van der Waals surface area contributed by atoms with Crippen LogP contribution in [-0.4, -0.2) is 46.0 Å². The molecule has 1 aliphatic heterocycles. The zero-order valence-corrected chi connectivity index (χ0v) is 12.7. The second-order valence-corrected chi connectivity index (χ2v) is 6.13. The van der Waals surface area contributed by atoms with E-state index in [1.165, 1.54) is 0 Å². The lowest BCUT2D eigenvalue weighted by molar-refractivity contribution is 0.0811. The molecule has 1 aliphatic rings. The fraction of sp³-hybridized carbons (Fsp3) is 0.375. The van der Waals surface area contributed by atoms with Crippen LogP contribution in [0.15, 0.2) is 37.1 Å². The van der Waals surface area contributed by atoms with Crippen molar-refractivity contribution < 1.29 is 9.82 Å². The summed E-state index contributed by atoms with van der Waals surface area (Å²) >= 11 is 0. The van der Waals surface area contributed by atoms with Gasteiger partial charge in [0.25, 0.3) is 0 Å². The topological polar surface area (TPSA) is 69.2 Å². The van der Waals surface area contributed by atoms with E-state index in [9.17, 15) is 9.82 Å². The standard InChI is InChI=1S/C16H20BN3O2/c1-3-6-16(7-8-20(11-16)17(2)22)15(21)12-4-5-14-13(9-12)10-18-19-14/h3-5,9-10,22H,1,6-8,11H2,2H3,(H,18,19). The molecule has 114 valence electrons. The van der Waals surface area contributed by atoms with Crippen LogP contribution in [0, 0.1) is 5.41 Å². The maximum absolute atomic E-state index is 13.1. The number of nitrogens with one attached hydrogen (secondary N) is 1. The molecule has 2 aromatic rings. The van der Waals surface area contributed by atoms with Crippen molar-refractivity contribution >= 4 is 23.7 Å². The number of nitrogens with zero attached hydrogens (tertiary/aromatic N) is 2. The summed E-state index contributed by atoms with van der Waals surface area (Å²) in [6.07, 6.45) is 4.90. The number of hydrogen-bond acceptors (Lipinski definition) is 4. The Morgan fingerprint density at radius 1 is 1.64 bits per heavy atom. The third-order valence-corrected chi connectivity index (χ3v) is 4.63. The molecule has 3 rings (SSSR count). The van der Waals surface area contributed by atoms with Gasteiger partial charge in [0.15, 0.2) is 5.78 Å². The van der Waals surface area contributed by atoms with Crippen LogP contribution in [0.5, 0.6) is 0 Å². The van der Waals surface area contributed by atoms with Crippen LogP contribution < -0.4 is 0 Å². The van der Waals surface area contributed by atoms with Gasteiger partial charge in [-0.3, -0.25) is 9.89 Å². The van der Waals surface area contributed by atoms with Crippen molar-refractivity contribution in [2.75, 3.05) is 13.1 Å².